The third-order valence-electron chi connectivity index (χ3n) is 5.29. The molecular weight excluding hydrogens is 398 g/mol. The van der Waals surface area contributed by atoms with Gasteiger partial charge in [-0.1, -0.05) is 78.0 Å². The van der Waals surface area contributed by atoms with Gasteiger partial charge in [-0.3, -0.25) is 9.59 Å². The lowest BCUT2D eigenvalue weighted by Gasteiger charge is -2.42. The Hall–Kier alpha value is -4.20. The Morgan fingerprint density at radius 1 is 1.00 bits per heavy atom. The van der Waals surface area contributed by atoms with Crippen LogP contribution in [0.3, 0.4) is 0 Å². The number of carbonyl (C=O) groups is 3. The predicted octanol–water partition coefficient (Wildman–Crippen LogP) is 2.17. The van der Waals surface area contributed by atoms with Crippen LogP contribution < -0.4 is 5.32 Å². The molecule has 4 rings (SSSR count). The number of β-lactam (4-membered cyclic amide) rings is 1. The van der Waals surface area contributed by atoms with E-state index in [0.717, 1.165) is 10.8 Å². The van der Waals surface area contributed by atoms with Gasteiger partial charge in [-0.25, -0.2) is 4.79 Å². The number of likely N-dealkylation sites (tertiary alicyclic amines) is 1. The Kier molecular flexibility index (Phi) is 5.36. The molecule has 156 valence electrons. The van der Waals surface area contributed by atoms with Gasteiger partial charge in [0.05, 0.1) is 6.54 Å². The van der Waals surface area contributed by atoms with Crippen LogP contribution in [0.5, 0.6) is 0 Å². The van der Waals surface area contributed by atoms with Gasteiger partial charge in [0, 0.05) is 5.56 Å². The molecule has 0 spiro atoms. The quantitative estimate of drug-likeness (QED) is 0.246. The van der Waals surface area contributed by atoms with Crippen molar-refractivity contribution in [3.05, 3.63) is 83.9 Å². The van der Waals surface area contributed by atoms with Crippen molar-refractivity contribution in [2.75, 3.05) is 6.54 Å². The first-order valence-corrected chi connectivity index (χ1v) is 9.60. The van der Waals surface area contributed by atoms with Gasteiger partial charge >= 0.3 is 5.97 Å². The summed E-state index contributed by atoms with van der Waals surface area (Å²) in [6.45, 7) is 0.0261. The summed E-state index contributed by atoms with van der Waals surface area (Å²) in [5, 5.41) is 26.3. The van der Waals surface area contributed by atoms with E-state index in [1.807, 2.05) is 30.3 Å². The highest BCUT2D eigenvalue weighted by Crippen LogP contribution is 2.32. The molecule has 8 heteroatoms. The molecule has 31 heavy (non-hydrogen) atoms. The van der Waals surface area contributed by atoms with Crippen LogP contribution in [0, 0.1) is 0 Å². The highest BCUT2D eigenvalue weighted by Gasteiger charge is 2.45. The number of hydrogen-bond donors (Lipinski definition) is 3. The molecule has 0 bridgehead atoms. The van der Waals surface area contributed by atoms with E-state index in [1.54, 1.807) is 42.5 Å². The molecule has 3 N–H and O–H groups in total. The van der Waals surface area contributed by atoms with Gasteiger partial charge in [-0.15, -0.1) is 0 Å². The number of carboxylic acid groups (broad SMARTS) is 1. The Labute approximate surface area is 177 Å². The normalized spacial score (nSPS) is 17.2. The first-order valence-electron chi connectivity index (χ1n) is 9.60. The lowest BCUT2D eigenvalue weighted by atomic mass is 9.94. The molecule has 1 saturated heterocycles. The van der Waals surface area contributed by atoms with Crippen LogP contribution >= 0.6 is 0 Å². The molecule has 2 atom stereocenters. The lowest BCUT2D eigenvalue weighted by Crippen LogP contribution is -2.66. The zero-order valence-electron chi connectivity index (χ0n) is 16.3. The summed E-state index contributed by atoms with van der Waals surface area (Å²) in [5.41, 5.74) is 0.673. The van der Waals surface area contributed by atoms with Gasteiger partial charge in [0.25, 0.3) is 5.91 Å². The van der Waals surface area contributed by atoms with Gasteiger partial charge in [0.1, 0.15) is 6.04 Å². The second-order valence-corrected chi connectivity index (χ2v) is 7.14. The maximum absolute atomic E-state index is 12.7. The summed E-state index contributed by atoms with van der Waals surface area (Å²) < 4.78 is 0. The Bertz CT molecular complexity index is 1190. The molecule has 1 aliphatic heterocycles. The number of rotatable bonds is 6. The van der Waals surface area contributed by atoms with Crippen LogP contribution in [0.1, 0.15) is 17.2 Å². The zero-order valence-corrected chi connectivity index (χ0v) is 16.3. The number of amides is 2. The highest BCUT2D eigenvalue weighted by atomic mass is 16.4. The number of carboxylic acids is 1. The molecule has 1 fully saturated rings. The minimum atomic E-state index is -1.17. The zero-order chi connectivity index (χ0) is 22.0. The SMILES string of the molecule is O=C(NC1CN(C(C(=O)O)c2cccc3ccccc23)C1=O)/C(=N/O)c1ccccc1. The molecular formula is C23H19N3O5. The molecule has 8 nitrogen and oxygen atoms in total. The fourth-order valence-corrected chi connectivity index (χ4v) is 3.77. The van der Waals surface area contributed by atoms with Crippen LogP contribution in [0.2, 0.25) is 0 Å². The maximum atomic E-state index is 12.7. The number of benzene rings is 3. The third kappa shape index (κ3) is 3.71. The molecule has 1 aliphatic rings. The van der Waals surface area contributed by atoms with E-state index in [4.69, 9.17) is 0 Å². The van der Waals surface area contributed by atoms with Crippen molar-refractivity contribution in [1.82, 2.24) is 10.2 Å². The largest absolute Gasteiger partial charge is 0.479 e. The van der Waals surface area contributed by atoms with Crippen LogP contribution in [0.15, 0.2) is 78.0 Å². The summed E-state index contributed by atoms with van der Waals surface area (Å²) >= 11 is 0. The standard InChI is InChI=1S/C23H19N3O5/c27-21(19(25-31)15-8-2-1-3-9-15)24-18-13-26(22(18)28)20(23(29)30)17-12-6-10-14-7-4-5-11-16(14)17/h1-12,18,20,31H,13H2,(H,24,27)(H,29,30)/b25-19+. The van der Waals surface area contributed by atoms with Gasteiger partial charge in [-0.2, -0.15) is 0 Å². The van der Waals surface area contributed by atoms with E-state index < -0.39 is 29.9 Å². The first kappa shape index (κ1) is 20.1. The molecule has 1 heterocycles. The maximum Gasteiger partial charge on any atom is 0.331 e. The summed E-state index contributed by atoms with van der Waals surface area (Å²) in [7, 11) is 0. The van der Waals surface area contributed by atoms with Crippen molar-refractivity contribution >= 4 is 34.3 Å². The highest BCUT2D eigenvalue weighted by molar-refractivity contribution is 6.45. The van der Waals surface area contributed by atoms with E-state index in [0.29, 0.717) is 11.1 Å². The number of fused-ring (bicyclic) bond motifs is 1. The van der Waals surface area contributed by atoms with Gasteiger partial charge in [0.15, 0.2) is 11.8 Å². The smallest absolute Gasteiger partial charge is 0.331 e. The summed E-state index contributed by atoms with van der Waals surface area (Å²) in [6.07, 6.45) is 0. The van der Waals surface area contributed by atoms with Crippen LogP contribution in [0.25, 0.3) is 10.8 Å². The number of oxime groups is 1. The Balaban J connectivity index is 1.53. The van der Waals surface area contributed by atoms with E-state index in [-0.39, 0.29) is 12.3 Å². The average Bonchev–Trinajstić information content (AvgIpc) is 2.79. The number of carbonyl (C=O) groups excluding carboxylic acids is 2. The number of nitrogens with one attached hydrogen (secondary N) is 1. The molecule has 2 unspecified atom stereocenters. The van der Waals surface area contributed by atoms with Crippen molar-refractivity contribution < 1.29 is 24.7 Å². The topological polar surface area (TPSA) is 119 Å². The van der Waals surface area contributed by atoms with Crippen molar-refractivity contribution in [2.45, 2.75) is 12.1 Å². The molecule has 3 aromatic carbocycles. The van der Waals surface area contributed by atoms with Crippen molar-refractivity contribution in [2.24, 2.45) is 5.16 Å². The number of hydrogen-bond acceptors (Lipinski definition) is 5. The Morgan fingerprint density at radius 2 is 1.68 bits per heavy atom. The van der Waals surface area contributed by atoms with Gasteiger partial charge < -0.3 is 20.5 Å². The minimum Gasteiger partial charge on any atom is -0.479 e. The molecule has 3 aromatic rings. The fourth-order valence-electron chi connectivity index (χ4n) is 3.77. The van der Waals surface area contributed by atoms with Crippen LogP contribution in [0.4, 0.5) is 0 Å². The molecule has 0 aliphatic carbocycles. The minimum absolute atomic E-state index is 0.0261. The second-order valence-electron chi connectivity index (χ2n) is 7.14. The summed E-state index contributed by atoms with van der Waals surface area (Å²) in [4.78, 5) is 38.5. The monoisotopic (exact) mass is 417 g/mol. The van der Waals surface area contributed by atoms with Crippen LogP contribution in [-0.4, -0.2) is 51.3 Å². The molecule has 0 radical (unpaired) electrons. The molecule has 0 saturated carbocycles. The average molecular weight is 417 g/mol. The summed E-state index contributed by atoms with van der Waals surface area (Å²) in [5.74, 6) is -2.39. The van der Waals surface area contributed by atoms with Gasteiger partial charge in [0.2, 0.25) is 5.91 Å². The lowest BCUT2D eigenvalue weighted by molar-refractivity contribution is -0.159. The van der Waals surface area contributed by atoms with E-state index >= 15 is 0 Å². The fraction of sp³-hybridized carbons (Fsp3) is 0.130. The van der Waals surface area contributed by atoms with Gasteiger partial charge in [-0.05, 0) is 16.3 Å². The summed E-state index contributed by atoms with van der Waals surface area (Å²) in [6, 6.07) is 18.9. The third-order valence-corrected chi connectivity index (χ3v) is 5.29. The number of aliphatic carboxylic acids is 1. The van der Waals surface area contributed by atoms with E-state index in [1.165, 1.54) is 4.90 Å². The molecule has 2 amide bonds. The van der Waals surface area contributed by atoms with E-state index in [2.05, 4.69) is 10.5 Å². The van der Waals surface area contributed by atoms with E-state index in [9.17, 15) is 24.7 Å². The Morgan fingerprint density at radius 3 is 2.35 bits per heavy atom. The van der Waals surface area contributed by atoms with Crippen molar-refractivity contribution in [3.63, 3.8) is 0 Å². The van der Waals surface area contributed by atoms with Crippen LogP contribution in [-0.2, 0) is 14.4 Å². The second kappa shape index (κ2) is 8.27. The number of nitrogens with zero attached hydrogens (tertiary/aromatic N) is 2. The van der Waals surface area contributed by atoms with Crippen molar-refractivity contribution in [1.29, 1.82) is 0 Å². The molecule has 0 aromatic heterocycles. The predicted molar refractivity (Wildman–Crippen MR) is 113 cm³/mol. The first-order chi connectivity index (χ1) is 15.0. The van der Waals surface area contributed by atoms with Crippen molar-refractivity contribution in [3.8, 4) is 0 Å².